The van der Waals surface area contributed by atoms with Crippen molar-refractivity contribution in [2.75, 3.05) is 6.54 Å². The molecule has 1 amide bonds. The average molecular weight is 609 g/mol. The molecule has 5 rings (SSSR count). The summed E-state index contributed by atoms with van der Waals surface area (Å²) in [6.45, 7) is 1.86. The Kier molecular flexibility index (Phi) is 6.34. The maximum absolute atomic E-state index is 15.4. The quantitative estimate of drug-likeness (QED) is 0.327. The van der Waals surface area contributed by atoms with Crippen LogP contribution >= 0.6 is 11.6 Å². The molecule has 0 spiro atoms. The molecular weight excluding hydrogens is 592 g/mol. The number of nitriles is 1. The van der Waals surface area contributed by atoms with Crippen molar-refractivity contribution in [3.63, 3.8) is 0 Å². The van der Waals surface area contributed by atoms with Crippen LogP contribution in [0.1, 0.15) is 47.9 Å². The number of carbonyl (C=O) groups is 1. The second kappa shape index (κ2) is 9.07. The van der Waals surface area contributed by atoms with Crippen LogP contribution in [0.15, 0.2) is 24.4 Å². The molecule has 41 heavy (non-hydrogen) atoms. The zero-order valence-corrected chi connectivity index (χ0v) is 21.7. The Bertz CT molecular complexity index is 1590. The lowest BCUT2D eigenvalue weighted by Crippen LogP contribution is -2.51. The largest absolute Gasteiger partial charge is 0.448 e. The molecule has 1 atom stereocenters. The van der Waals surface area contributed by atoms with E-state index in [1.807, 2.05) is 0 Å². The van der Waals surface area contributed by atoms with Gasteiger partial charge < -0.3 is 9.64 Å². The van der Waals surface area contributed by atoms with Crippen molar-refractivity contribution in [3.8, 4) is 28.8 Å². The normalized spacial score (nSPS) is 17.8. The topological polar surface area (TPSA) is 89.0 Å². The van der Waals surface area contributed by atoms with E-state index in [1.54, 1.807) is 6.92 Å². The molecule has 2 aliphatic rings. The zero-order chi connectivity index (χ0) is 30.3. The minimum atomic E-state index is -6.51. The van der Waals surface area contributed by atoms with Crippen LogP contribution in [0.4, 0.5) is 35.1 Å². The molecule has 3 heterocycles. The van der Waals surface area contributed by atoms with E-state index in [9.17, 15) is 40.8 Å². The number of ether oxygens (including phenoxy) is 1. The summed E-state index contributed by atoms with van der Waals surface area (Å²) in [4.78, 5) is 14.7. The molecule has 8 nitrogen and oxygen atoms in total. The Labute approximate surface area is 230 Å². The Morgan fingerprint density at radius 1 is 1.22 bits per heavy atom. The van der Waals surface area contributed by atoms with Gasteiger partial charge in [0.2, 0.25) is 0 Å². The van der Waals surface area contributed by atoms with Gasteiger partial charge in [-0.25, -0.2) is 13.8 Å². The predicted molar refractivity (Wildman–Crippen MR) is 124 cm³/mol. The van der Waals surface area contributed by atoms with Crippen LogP contribution in [-0.2, 0) is 12.7 Å². The SMILES string of the molecule is CCN(C(=O)c1cc(-c2cnn3c2C(F)Oc2c(C(F)(C(F)(F)F)C(F)(F)F)nn(C)c2-3)ccc1Cl)C1(C#N)CC1. The van der Waals surface area contributed by atoms with Gasteiger partial charge in [-0.05, 0) is 37.5 Å². The third kappa shape index (κ3) is 4.03. The molecule has 2 aromatic heterocycles. The highest BCUT2D eigenvalue weighted by molar-refractivity contribution is 6.34. The second-order valence-electron chi connectivity index (χ2n) is 9.46. The molecule has 1 fully saturated rings. The summed E-state index contributed by atoms with van der Waals surface area (Å²) >= 11 is 6.27. The number of aromatic nitrogens is 4. The monoisotopic (exact) mass is 608 g/mol. The number of aryl methyl sites for hydroxylation is 1. The fraction of sp³-hybridized carbons (Fsp3) is 0.417. The summed E-state index contributed by atoms with van der Waals surface area (Å²) in [6.07, 6.45) is -13.8. The smallest absolute Gasteiger partial charge is 0.437 e. The van der Waals surface area contributed by atoms with Gasteiger partial charge in [0, 0.05) is 19.2 Å². The lowest BCUT2D eigenvalue weighted by Gasteiger charge is -2.30. The summed E-state index contributed by atoms with van der Waals surface area (Å²) in [6, 6.07) is 6.10. The Morgan fingerprint density at radius 3 is 2.39 bits per heavy atom. The second-order valence-corrected chi connectivity index (χ2v) is 9.86. The fourth-order valence-electron chi connectivity index (χ4n) is 4.82. The van der Waals surface area contributed by atoms with Gasteiger partial charge in [-0.15, -0.1) is 0 Å². The highest BCUT2D eigenvalue weighted by atomic mass is 35.5. The maximum Gasteiger partial charge on any atom is 0.437 e. The first-order valence-electron chi connectivity index (χ1n) is 11.8. The molecule has 1 aliphatic heterocycles. The van der Waals surface area contributed by atoms with Crippen LogP contribution in [0.3, 0.4) is 0 Å². The summed E-state index contributed by atoms with van der Waals surface area (Å²) in [5, 5.41) is 16.5. The average Bonchev–Trinajstić information content (AvgIpc) is 3.42. The fourth-order valence-corrected chi connectivity index (χ4v) is 5.02. The van der Waals surface area contributed by atoms with Crippen molar-refractivity contribution in [3.05, 3.63) is 46.4 Å². The molecular formula is C24H17ClF8N6O2. The van der Waals surface area contributed by atoms with Crippen LogP contribution in [-0.4, -0.2) is 54.8 Å². The zero-order valence-electron chi connectivity index (χ0n) is 20.9. The molecule has 0 N–H and O–H groups in total. The van der Waals surface area contributed by atoms with E-state index in [0.29, 0.717) is 22.2 Å². The molecule has 1 aromatic carbocycles. The standard InChI is InChI=1S/C24H17ClF8N6O2/c1-3-38(21(10-34)6-7-21)20(40)12-8-11(4-5-14(12)25)13-9-35-39-15(13)18(26)41-16-17(36-37(2)19(16)39)22(27,23(28,29)30)24(31,32)33/h4-5,8-9,18H,3,6-7H2,1-2H3. The van der Waals surface area contributed by atoms with Gasteiger partial charge >= 0.3 is 18.0 Å². The van der Waals surface area contributed by atoms with Crippen LogP contribution < -0.4 is 4.74 Å². The predicted octanol–water partition coefficient (Wildman–Crippen LogP) is 6.09. The van der Waals surface area contributed by atoms with E-state index in [0.717, 1.165) is 13.2 Å². The van der Waals surface area contributed by atoms with E-state index in [2.05, 4.69) is 16.3 Å². The highest BCUT2D eigenvalue weighted by Crippen LogP contribution is 2.57. The summed E-state index contributed by atoms with van der Waals surface area (Å²) in [5.41, 5.74) is -9.62. The number of hydrogen-bond donors (Lipinski definition) is 0. The van der Waals surface area contributed by atoms with Crippen molar-refractivity contribution in [2.45, 2.75) is 49.7 Å². The number of nitrogens with zero attached hydrogens (tertiary/aromatic N) is 6. The Hall–Kier alpha value is -3.87. The molecule has 1 unspecified atom stereocenters. The lowest BCUT2D eigenvalue weighted by atomic mass is 9.99. The number of fused-ring (bicyclic) bond motifs is 3. The number of hydrogen-bond acceptors (Lipinski definition) is 5. The lowest BCUT2D eigenvalue weighted by molar-refractivity contribution is -0.350. The Balaban J connectivity index is 1.62. The van der Waals surface area contributed by atoms with Crippen LogP contribution in [0, 0.1) is 11.3 Å². The third-order valence-electron chi connectivity index (χ3n) is 7.04. The van der Waals surface area contributed by atoms with Gasteiger partial charge in [0.05, 0.1) is 22.9 Å². The molecule has 218 valence electrons. The van der Waals surface area contributed by atoms with Gasteiger partial charge in [0.15, 0.2) is 17.3 Å². The first-order chi connectivity index (χ1) is 19.0. The maximum atomic E-state index is 15.4. The summed E-state index contributed by atoms with van der Waals surface area (Å²) in [7, 11) is 0.907. The van der Waals surface area contributed by atoms with E-state index < -0.39 is 58.8 Å². The minimum Gasteiger partial charge on any atom is -0.448 e. The van der Waals surface area contributed by atoms with Crippen molar-refractivity contribution in [1.29, 1.82) is 5.26 Å². The number of alkyl halides is 8. The number of amides is 1. The van der Waals surface area contributed by atoms with Gasteiger partial charge in [0.1, 0.15) is 11.2 Å². The number of carbonyl (C=O) groups excluding carboxylic acids is 1. The molecule has 0 saturated heterocycles. The van der Waals surface area contributed by atoms with Gasteiger partial charge in [-0.1, -0.05) is 17.7 Å². The first-order valence-corrected chi connectivity index (χ1v) is 12.2. The van der Waals surface area contributed by atoms with E-state index in [1.165, 1.54) is 23.1 Å². The molecule has 1 saturated carbocycles. The summed E-state index contributed by atoms with van der Waals surface area (Å²) < 4.78 is 117. The highest BCUT2D eigenvalue weighted by Gasteiger charge is 2.76. The van der Waals surface area contributed by atoms with Gasteiger partial charge in [0.25, 0.3) is 12.3 Å². The van der Waals surface area contributed by atoms with Gasteiger partial charge in [-0.3, -0.25) is 4.79 Å². The first kappa shape index (κ1) is 28.7. The van der Waals surface area contributed by atoms with E-state index in [4.69, 9.17) is 16.3 Å². The van der Waals surface area contributed by atoms with Crippen molar-refractivity contribution >= 4 is 17.5 Å². The van der Waals surface area contributed by atoms with E-state index in [-0.39, 0.29) is 28.3 Å². The molecule has 0 radical (unpaired) electrons. The van der Waals surface area contributed by atoms with Crippen LogP contribution in [0.2, 0.25) is 5.02 Å². The molecule has 17 heteroatoms. The molecule has 1 aliphatic carbocycles. The molecule has 0 bridgehead atoms. The van der Waals surface area contributed by atoms with Crippen molar-refractivity contribution in [1.82, 2.24) is 24.5 Å². The number of halogens is 9. The Morgan fingerprint density at radius 2 is 1.85 bits per heavy atom. The third-order valence-corrected chi connectivity index (χ3v) is 7.37. The van der Waals surface area contributed by atoms with Crippen molar-refractivity contribution < 1.29 is 44.7 Å². The van der Waals surface area contributed by atoms with Gasteiger partial charge in [-0.2, -0.15) is 46.2 Å². The number of rotatable bonds is 5. The van der Waals surface area contributed by atoms with Crippen molar-refractivity contribution in [2.24, 2.45) is 7.05 Å². The van der Waals surface area contributed by atoms with Crippen LogP contribution in [0.25, 0.3) is 16.9 Å². The van der Waals surface area contributed by atoms with E-state index >= 15 is 4.39 Å². The molecule has 3 aromatic rings. The van der Waals surface area contributed by atoms with Crippen LogP contribution in [0.5, 0.6) is 5.75 Å². The summed E-state index contributed by atoms with van der Waals surface area (Å²) in [5.74, 6) is -2.71. The number of benzene rings is 1. The minimum absolute atomic E-state index is 0.0113.